The average Bonchev–Trinajstić information content (AvgIpc) is 2.63. The molecular weight excluding hydrogens is 206 g/mol. The summed E-state index contributed by atoms with van der Waals surface area (Å²) in [6.07, 6.45) is 3.77. The van der Waals surface area contributed by atoms with Crippen LogP contribution in [0.5, 0.6) is 0 Å². The van der Waals surface area contributed by atoms with Crippen LogP contribution in [0.3, 0.4) is 0 Å². The molecule has 0 saturated carbocycles. The van der Waals surface area contributed by atoms with Crippen LogP contribution < -0.4 is 5.32 Å². The zero-order chi connectivity index (χ0) is 10.7. The van der Waals surface area contributed by atoms with Crippen molar-refractivity contribution in [1.82, 2.24) is 5.32 Å². The minimum atomic E-state index is 0.517. The Morgan fingerprint density at radius 1 is 1.27 bits per heavy atom. The normalized spacial score (nSPS) is 17.5. The lowest BCUT2D eigenvalue weighted by Crippen LogP contribution is -2.00. The Morgan fingerprint density at radius 2 is 2.00 bits per heavy atom. The van der Waals surface area contributed by atoms with Gasteiger partial charge in [-0.15, -0.1) is 0 Å². The molecule has 15 heavy (non-hydrogen) atoms. The van der Waals surface area contributed by atoms with E-state index in [1.165, 1.54) is 0 Å². The molecule has 2 rings (SSSR count). The Hall–Kier alpha value is -1.61. The van der Waals surface area contributed by atoms with Crippen molar-refractivity contribution in [1.29, 1.82) is 0 Å². The van der Waals surface area contributed by atoms with Gasteiger partial charge in [0.1, 0.15) is 5.76 Å². The third-order valence-electron chi connectivity index (χ3n) is 2.08. The molecule has 1 aliphatic heterocycles. The largest absolute Gasteiger partial charge is 0.445 e. The quantitative estimate of drug-likeness (QED) is 0.607. The number of nitrogens with one attached hydrogen (secondary N) is 1. The van der Waals surface area contributed by atoms with Crippen molar-refractivity contribution in [3.8, 4) is 0 Å². The maximum Gasteiger partial charge on any atom is 0.199 e. The molecule has 0 saturated heterocycles. The van der Waals surface area contributed by atoms with Gasteiger partial charge in [0.25, 0.3) is 0 Å². The summed E-state index contributed by atoms with van der Waals surface area (Å²) in [6.45, 7) is 0. The van der Waals surface area contributed by atoms with Gasteiger partial charge in [-0.25, -0.2) is 0 Å². The van der Waals surface area contributed by atoms with E-state index in [-0.39, 0.29) is 0 Å². The van der Waals surface area contributed by atoms with Crippen LogP contribution in [0, 0.1) is 0 Å². The topological polar surface area (TPSA) is 21.3 Å². The van der Waals surface area contributed by atoms with Gasteiger partial charge in [0.05, 0.1) is 0 Å². The highest BCUT2D eigenvalue weighted by Crippen LogP contribution is 2.26. The summed E-state index contributed by atoms with van der Waals surface area (Å²) < 4.78 is 5.50. The fourth-order valence-electron chi connectivity index (χ4n) is 1.39. The molecule has 0 spiro atoms. The number of thiocarbonyl (C=S) groups is 1. The van der Waals surface area contributed by atoms with Gasteiger partial charge in [0.2, 0.25) is 0 Å². The molecular formula is C12H11NOS. The summed E-state index contributed by atoms with van der Waals surface area (Å²) in [5, 5.41) is 3.45. The summed E-state index contributed by atoms with van der Waals surface area (Å²) in [7, 11) is 1.84. The number of ether oxygens (including phenoxy) is 1. The zero-order valence-corrected chi connectivity index (χ0v) is 9.17. The standard InChI is InChI=1S/C12H11NOS/c1-13-8-10-7-11(14-12(10)15)9-5-3-2-4-6-9/h2-8,13H,1H3/b10-8+. The fraction of sp³-hybridized carbons (Fsp3) is 0.0833. The Balaban J connectivity index is 2.31. The van der Waals surface area contributed by atoms with Crippen LogP contribution in [-0.2, 0) is 4.74 Å². The summed E-state index contributed by atoms with van der Waals surface area (Å²) in [6, 6.07) is 9.92. The molecule has 1 heterocycles. The van der Waals surface area contributed by atoms with E-state index in [9.17, 15) is 0 Å². The van der Waals surface area contributed by atoms with E-state index in [4.69, 9.17) is 17.0 Å². The molecule has 0 aromatic heterocycles. The number of benzene rings is 1. The minimum absolute atomic E-state index is 0.517. The Bertz CT molecular complexity index is 434. The zero-order valence-electron chi connectivity index (χ0n) is 8.36. The van der Waals surface area contributed by atoms with Crippen LogP contribution in [-0.4, -0.2) is 12.1 Å². The second kappa shape index (κ2) is 4.28. The molecule has 76 valence electrons. The van der Waals surface area contributed by atoms with Crippen molar-refractivity contribution < 1.29 is 4.74 Å². The molecule has 0 atom stereocenters. The first-order chi connectivity index (χ1) is 7.31. The monoisotopic (exact) mass is 217 g/mol. The van der Waals surface area contributed by atoms with Crippen molar-refractivity contribution in [3.05, 3.63) is 53.7 Å². The van der Waals surface area contributed by atoms with E-state index in [1.807, 2.05) is 49.7 Å². The molecule has 1 N–H and O–H groups in total. The van der Waals surface area contributed by atoms with E-state index >= 15 is 0 Å². The van der Waals surface area contributed by atoms with Gasteiger partial charge < -0.3 is 10.1 Å². The molecule has 3 heteroatoms. The molecule has 0 aliphatic carbocycles. The lowest BCUT2D eigenvalue weighted by molar-refractivity contribution is 0.534. The van der Waals surface area contributed by atoms with Crippen LogP contribution in [0.2, 0.25) is 0 Å². The summed E-state index contributed by atoms with van der Waals surface area (Å²) >= 11 is 5.10. The molecule has 1 aromatic rings. The lowest BCUT2D eigenvalue weighted by atomic mass is 10.1. The maximum atomic E-state index is 5.50. The number of hydrogen-bond acceptors (Lipinski definition) is 3. The molecule has 2 nitrogen and oxygen atoms in total. The van der Waals surface area contributed by atoms with Crippen molar-refractivity contribution in [2.45, 2.75) is 0 Å². The predicted molar refractivity (Wildman–Crippen MR) is 65.2 cm³/mol. The number of hydrogen-bond donors (Lipinski definition) is 1. The van der Waals surface area contributed by atoms with Gasteiger partial charge >= 0.3 is 0 Å². The first-order valence-electron chi connectivity index (χ1n) is 4.68. The second-order valence-electron chi connectivity index (χ2n) is 3.15. The van der Waals surface area contributed by atoms with Gasteiger partial charge in [-0.05, 0) is 18.3 Å². The van der Waals surface area contributed by atoms with Crippen LogP contribution in [0.1, 0.15) is 5.56 Å². The predicted octanol–water partition coefficient (Wildman–Crippen LogP) is 2.49. The van der Waals surface area contributed by atoms with Gasteiger partial charge in [-0.2, -0.15) is 0 Å². The Labute approximate surface area is 94.3 Å². The molecule has 1 aliphatic rings. The van der Waals surface area contributed by atoms with Gasteiger partial charge in [0.15, 0.2) is 5.05 Å². The first kappa shape index (κ1) is 9.93. The third-order valence-corrected chi connectivity index (χ3v) is 2.40. The molecule has 0 amide bonds. The lowest BCUT2D eigenvalue weighted by Gasteiger charge is -2.01. The molecule has 1 aromatic carbocycles. The Kier molecular flexibility index (Phi) is 2.83. The van der Waals surface area contributed by atoms with E-state index in [1.54, 1.807) is 0 Å². The Morgan fingerprint density at radius 3 is 2.67 bits per heavy atom. The SMILES string of the molecule is CN/C=C1\C=C(c2ccccc2)OC1=S. The van der Waals surface area contributed by atoms with E-state index < -0.39 is 0 Å². The van der Waals surface area contributed by atoms with Crippen molar-refractivity contribution in [3.63, 3.8) is 0 Å². The van der Waals surface area contributed by atoms with Gasteiger partial charge in [0, 0.05) is 24.4 Å². The van der Waals surface area contributed by atoms with Crippen LogP contribution in [0.25, 0.3) is 5.76 Å². The fourth-order valence-corrected chi connectivity index (χ4v) is 1.60. The highest BCUT2D eigenvalue weighted by atomic mass is 32.1. The van der Waals surface area contributed by atoms with Gasteiger partial charge in [-0.1, -0.05) is 30.3 Å². The summed E-state index contributed by atoms with van der Waals surface area (Å²) in [4.78, 5) is 0. The first-order valence-corrected chi connectivity index (χ1v) is 5.09. The van der Waals surface area contributed by atoms with Crippen LogP contribution >= 0.6 is 12.2 Å². The minimum Gasteiger partial charge on any atom is -0.445 e. The van der Waals surface area contributed by atoms with E-state index in [0.717, 1.165) is 16.9 Å². The third kappa shape index (κ3) is 2.07. The van der Waals surface area contributed by atoms with Crippen LogP contribution in [0.15, 0.2) is 48.2 Å². The van der Waals surface area contributed by atoms with E-state index in [2.05, 4.69) is 5.32 Å². The number of rotatable bonds is 2. The van der Waals surface area contributed by atoms with Crippen molar-refractivity contribution in [2.75, 3.05) is 7.05 Å². The van der Waals surface area contributed by atoms with Gasteiger partial charge in [-0.3, -0.25) is 0 Å². The summed E-state index contributed by atoms with van der Waals surface area (Å²) in [5.74, 6) is 0.808. The average molecular weight is 217 g/mol. The molecule has 0 bridgehead atoms. The highest BCUT2D eigenvalue weighted by molar-refractivity contribution is 7.80. The molecule has 0 radical (unpaired) electrons. The smallest absolute Gasteiger partial charge is 0.199 e. The second-order valence-corrected chi connectivity index (χ2v) is 3.52. The van der Waals surface area contributed by atoms with E-state index in [0.29, 0.717) is 5.05 Å². The maximum absolute atomic E-state index is 5.50. The van der Waals surface area contributed by atoms with Crippen molar-refractivity contribution >= 4 is 23.0 Å². The van der Waals surface area contributed by atoms with Crippen LogP contribution in [0.4, 0.5) is 0 Å². The highest BCUT2D eigenvalue weighted by Gasteiger charge is 2.17. The summed E-state index contributed by atoms with van der Waals surface area (Å²) in [5.41, 5.74) is 1.95. The molecule has 0 unspecified atom stereocenters. The molecule has 0 fully saturated rings. The van der Waals surface area contributed by atoms with Crippen molar-refractivity contribution in [2.24, 2.45) is 0 Å².